The molecule has 0 bridgehead atoms. The number of benzene rings is 1. The highest BCUT2D eigenvalue weighted by molar-refractivity contribution is 5.95. The van der Waals surface area contributed by atoms with Gasteiger partial charge in [-0.15, -0.1) is 0 Å². The fraction of sp³-hybridized carbons (Fsp3) is 0.200. The van der Waals surface area contributed by atoms with Gasteiger partial charge in [0.2, 0.25) is 0 Å². The molecule has 19 heavy (non-hydrogen) atoms. The number of carbonyl (C=O) groups is 2. The average molecular weight is 259 g/mol. The molecule has 1 rings (SSSR count). The van der Waals surface area contributed by atoms with Crippen LogP contribution in [0.2, 0.25) is 0 Å². The number of allylic oxidation sites excluding steroid dienone is 3. The molecule has 0 heterocycles. The third kappa shape index (κ3) is 5.68. The molecule has 1 unspecified atom stereocenters. The summed E-state index contributed by atoms with van der Waals surface area (Å²) < 4.78 is 4.96. The summed E-state index contributed by atoms with van der Waals surface area (Å²) in [5.74, 6) is -0.909. The number of hydrogen-bond acceptors (Lipinski definition) is 3. The van der Waals surface area contributed by atoms with Crippen LogP contribution in [-0.2, 0) is 14.3 Å². The Hall–Kier alpha value is -2.36. The van der Waals surface area contributed by atoms with E-state index in [9.17, 15) is 9.59 Å². The Labute approximate surface area is 112 Å². The Morgan fingerprint density at radius 2 is 1.89 bits per heavy atom. The summed E-state index contributed by atoms with van der Waals surface area (Å²) in [4.78, 5) is 23.1. The van der Waals surface area contributed by atoms with Gasteiger partial charge in [-0.3, -0.25) is 4.79 Å². The average Bonchev–Trinajstić information content (AvgIpc) is 2.40. The second-order valence-corrected chi connectivity index (χ2v) is 3.82. The largest absolute Gasteiger partial charge is 0.449 e. The lowest BCUT2D eigenvalue weighted by atomic mass is 10.3. The van der Waals surface area contributed by atoms with E-state index in [1.165, 1.54) is 13.0 Å². The van der Waals surface area contributed by atoms with E-state index in [0.29, 0.717) is 5.69 Å². The molecule has 0 fully saturated rings. The van der Waals surface area contributed by atoms with Crippen LogP contribution in [0.15, 0.2) is 54.6 Å². The summed E-state index contributed by atoms with van der Waals surface area (Å²) in [7, 11) is 0. The monoisotopic (exact) mass is 259 g/mol. The van der Waals surface area contributed by atoms with Crippen molar-refractivity contribution in [2.75, 3.05) is 5.32 Å². The van der Waals surface area contributed by atoms with Crippen LogP contribution < -0.4 is 5.32 Å². The van der Waals surface area contributed by atoms with Crippen molar-refractivity contribution >= 4 is 17.6 Å². The molecule has 1 amide bonds. The van der Waals surface area contributed by atoms with Crippen LogP contribution in [0, 0.1) is 0 Å². The molecule has 0 aliphatic rings. The maximum atomic E-state index is 11.8. The van der Waals surface area contributed by atoms with Crippen molar-refractivity contribution in [2.45, 2.75) is 20.0 Å². The minimum Gasteiger partial charge on any atom is -0.449 e. The van der Waals surface area contributed by atoms with E-state index in [1.807, 2.05) is 25.1 Å². The van der Waals surface area contributed by atoms with Crippen LogP contribution in [0.3, 0.4) is 0 Å². The Bertz CT molecular complexity index is 477. The molecule has 4 nitrogen and oxygen atoms in total. The summed E-state index contributed by atoms with van der Waals surface area (Å²) in [5, 5.41) is 2.66. The molecule has 4 heteroatoms. The molecule has 0 spiro atoms. The number of anilines is 1. The summed E-state index contributed by atoms with van der Waals surface area (Å²) >= 11 is 0. The number of amides is 1. The molecule has 0 aliphatic heterocycles. The molecule has 0 aliphatic carbocycles. The normalized spacial score (nSPS) is 12.5. The Balaban J connectivity index is 2.47. The zero-order valence-electron chi connectivity index (χ0n) is 11.0. The van der Waals surface area contributed by atoms with Crippen molar-refractivity contribution < 1.29 is 14.3 Å². The lowest BCUT2D eigenvalue weighted by Crippen LogP contribution is -2.29. The molecule has 1 aromatic rings. The van der Waals surface area contributed by atoms with Gasteiger partial charge in [-0.05, 0) is 26.0 Å². The summed E-state index contributed by atoms with van der Waals surface area (Å²) in [6.45, 7) is 3.37. The summed E-state index contributed by atoms with van der Waals surface area (Å²) in [6, 6.07) is 9.00. The number of esters is 1. The molecule has 1 aromatic carbocycles. The Morgan fingerprint density at radius 1 is 1.21 bits per heavy atom. The van der Waals surface area contributed by atoms with Crippen LogP contribution >= 0.6 is 0 Å². The standard InChI is InChI=1S/C15H17NO3/c1-3-4-6-11-14(17)19-12(2)15(18)16-13-9-7-5-8-10-13/h3-12H,1-2H3,(H,16,18)/b4-3+,11-6+. The number of nitrogens with one attached hydrogen (secondary N) is 1. The van der Waals surface area contributed by atoms with Crippen LogP contribution in [-0.4, -0.2) is 18.0 Å². The molecule has 1 atom stereocenters. The van der Waals surface area contributed by atoms with E-state index in [2.05, 4.69) is 5.32 Å². The maximum Gasteiger partial charge on any atom is 0.331 e. The van der Waals surface area contributed by atoms with E-state index < -0.39 is 12.1 Å². The van der Waals surface area contributed by atoms with Crippen molar-refractivity contribution in [1.29, 1.82) is 0 Å². The van der Waals surface area contributed by atoms with Crippen molar-refractivity contribution in [1.82, 2.24) is 0 Å². The van der Waals surface area contributed by atoms with Crippen molar-refractivity contribution in [3.05, 3.63) is 54.6 Å². The van der Waals surface area contributed by atoms with E-state index in [1.54, 1.807) is 30.4 Å². The lowest BCUT2D eigenvalue weighted by Gasteiger charge is -2.12. The van der Waals surface area contributed by atoms with Gasteiger partial charge in [0.1, 0.15) is 0 Å². The first kappa shape index (κ1) is 14.7. The fourth-order valence-corrected chi connectivity index (χ4v) is 1.28. The smallest absolute Gasteiger partial charge is 0.331 e. The van der Waals surface area contributed by atoms with Gasteiger partial charge in [0.25, 0.3) is 5.91 Å². The van der Waals surface area contributed by atoms with Gasteiger partial charge in [-0.25, -0.2) is 4.79 Å². The first-order valence-electron chi connectivity index (χ1n) is 5.99. The number of rotatable bonds is 5. The van der Waals surface area contributed by atoms with E-state index in [4.69, 9.17) is 4.74 Å². The van der Waals surface area contributed by atoms with Crippen molar-refractivity contribution in [3.8, 4) is 0 Å². The van der Waals surface area contributed by atoms with Gasteiger partial charge in [-0.2, -0.15) is 0 Å². The molecule has 0 saturated heterocycles. The third-order valence-electron chi connectivity index (χ3n) is 2.24. The first-order valence-corrected chi connectivity index (χ1v) is 5.99. The zero-order valence-corrected chi connectivity index (χ0v) is 11.0. The SMILES string of the molecule is C/C=C/C=C/C(=O)OC(C)C(=O)Nc1ccccc1. The highest BCUT2D eigenvalue weighted by atomic mass is 16.5. The number of carbonyl (C=O) groups excluding carboxylic acids is 2. The van der Waals surface area contributed by atoms with Crippen LogP contribution in [0.1, 0.15) is 13.8 Å². The lowest BCUT2D eigenvalue weighted by molar-refractivity contribution is -0.148. The van der Waals surface area contributed by atoms with Gasteiger partial charge in [0.05, 0.1) is 0 Å². The highest BCUT2D eigenvalue weighted by Crippen LogP contribution is 2.06. The van der Waals surface area contributed by atoms with Gasteiger partial charge >= 0.3 is 5.97 Å². The molecule has 0 radical (unpaired) electrons. The second kappa shape index (κ2) is 7.87. The van der Waals surface area contributed by atoms with Crippen molar-refractivity contribution in [2.24, 2.45) is 0 Å². The first-order chi connectivity index (χ1) is 9.13. The van der Waals surface area contributed by atoms with Gasteiger partial charge in [-0.1, -0.05) is 36.4 Å². The molecule has 1 N–H and O–H groups in total. The molecule has 0 saturated carbocycles. The molecule has 100 valence electrons. The molecule has 0 aromatic heterocycles. The topological polar surface area (TPSA) is 55.4 Å². The van der Waals surface area contributed by atoms with Crippen LogP contribution in [0.5, 0.6) is 0 Å². The summed E-state index contributed by atoms with van der Waals surface area (Å²) in [6.07, 6.45) is 5.48. The highest BCUT2D eigenvalue weighted by Gasteiger charge is 2.16. The van der Waals surface area contributed by atoms with Crippen LogP contribution in [0.25, 0.3) is 0 Å². The minimum absolute atomic E-state index is 0.362. The Morgan fingerprint density at radius 3 is 2.53 bits per heavy atom. The van der Waals surface area contributed by atoms with Gasteiger partial charge in [0.15, 0.2) is 6.10 Å². The van der Waals surface area contributed by atoms with Crippen LogP contribution in [0.4, 0.5) is 5.69 Å². The second-order valence-electron chi connectivity index (χ2n) is 3.82. The number of ether oxygens (including phenoxy) is 1. The summed E-state index contributed by atoms with van der Waals surface area (Å²) in [5.41, 5.74) is 0.667. The zero-order chi connectivity index (χ0) is 14.1. The molecular weight excluding hydrogens is 242 g/mol. The van der Waals surface area contributed by atoms with E-state index in [-0.39, 0.29) is 5.91 Å². The van der Waals surface area contributed by atoms with Gasteiger partial charge in [0, 0.05) is 11.8 Å². The van der Waals surface area contributed by atoms with E-state index >= 15 is 0 Å². The predicted octanol–water partition coefficient (Wildman–Crippen LogP) is 2.69. The maximum absolute atomic E-state index is 11.8. The molecular formula is C15H17NO3. The van der Waals surface area contributed by atoms with Crippen molar-refractivity contribution in [3.63, 3.8) is 0 Å². The minimum atomic E-state index is -0.844. The van der Waals surface area contributed by atoms with Gasteiger partial charge < -0.3 is 10.1 Å². The number of hydrogen-bond donors (Lipinski definition) is 1. The fourth-order valence-electron chi connectivity index (χ4n) is 1.28. The third-order valence-corrected chi connectivity index (χ3v) is 2.24. The number of para-hydroxylation sites is 1. The van der Waals surface area contributed by atoms with E-state index in [0.717, 1.165) is 0 Å². The quantitative estimate of drug-likeness (QED) is 0.502. The predicted molar refractivity (Wildman–Crippen MR) is 74.6 cm³/mol. The Kier molecular flexibility index (Phi) is 6.09.